The Morgan fingerprint density at radius 2 is 2.05 bits per heavy atom. The molecule has 0 saturated carbocycles. The fraction of sp³-hybridized carbons (Fsp3) is 0.429. The van der Waals surface area contributed by atoms with Crippen molar-refractivity contribution >= 4 is 17.0 Å². The van der Waals surface area contributed by atoms with E-state index in [1.807, 2.05) is 19.9 Å². The van der Waals surface area contributed by atoms with Crippen LogP contribution in [0.15, 0.2) is 10.5 Å². The molecule has 110 valence electrons. The average molecular weight is 286 g/mol. The van der Waals surface area contributed by atoms with Crippen LogP contribution >= 0.6 is 0 Å². The fourth-order valence-electron chi connectivity index (χ4n) is 2.31. The Hall–Kier alpha value is -2.44. The molecule has 0 fully saturated rings. The van der Waals surface area contributed by atoms with Gasteiger partial charge in [-0.2, -0.15) is 10.1 Å². The molecule has 0 radical (unpaired) electrons. The SMILES string of the molecule is Cc1nc(N[C@@H](C)Cc2cc(C)[nH]n2)c2nc(C)oc2n1. The smallest absolute Gasteiger partial charge is 0.252 e. The number of hydrogen-bond donors (Lipinski definition) is 2. The van der Waals surface area contributed by atoms with Crippen molar-refractivity contribution in [2.45, 2.75) is 40.2 Å². The van der Waals surface area contributed by atoms with Crippen LogP contribution in [0.1, 0.15) is 30.0 Å². The van der Waals surface area contributed by atoms with Crippen LogP contribution in [0.25, 0.3) is 11.2 Å². The Kier molecular flexibility index (Phi) is 3.32. The first-order valence-corrected chi connectivity index (χ1v) is 6.90. The minimum atomic E-state index is 0.169. The summed E-state index contributed by atoms with van der Waals surface area (Å²) in [5.74, 6) is 1.95. The Labute approximate surface area is 122 Å². The molecule has 1 atom stereocenters. The maximum absolute atomic E-state index is 5.47. The van der Waals surface area contributed by atoms with E-state index >= 15 is 0 Å². The number of H-pyrrole nitrogens is 1. The van der Waals surface area contributed by atoms with Crippen molar-refractivity contribution in [3.8, 4) is 0 Å². The topological polar surface area (TPSA) is 92.5 Å². The zero-order chi connectivity index (χ0) is 15.0. The first-order valence-electron chi connectivity index (χ1n) is 6.90. The van der Waals surface area contributed by atoms with Gasteiger partial charge < -0.3 is 9.73 Å². The Morgan fingerprint density at radius 3 is 2.76 bits per heavy atom. The van der Waals surface area contributed by atoms with Crippen molar-refractivity contribution in [1.82, 2.24) is 25.1 Å². The summed E-state index contributed by atoms with van der Waals surface area (Å²) in [6.45, 7) is 7.71. The van der Waals surface area contributed by atoms with Crippen LogP contribution in [0.2, 0.25) is 0 Å². The first kappa shape index (κ1) is 13.5. The highest BCUT2D eigenvalue weighted by molar-refractivity contribution is 5.81. The largest absolute Gasteiger partial charge is 0.422 e. The van der Waals surface area contributed by atoms with Gasteiger partial charge >= 0.3 is 0 Å². The second-order valence-electron chi connectivity index (χ2n) is 5.30. The van der Waals surface area contributed by atoms with Crippen LogP contribution in [0.5, 0.6) is 0 Å². The number of aromatic nitrogens is 5. The van der Waals surface area contributed by atoms with Gasteiger partial charge in [-0.3, -0.25) is 5.10 Å². The van der Waals surface area contributed by atoms with Crippen LogP contribution < -0.4 is 5.32 Å². The van der Waals surface area contributed by atoms with Gasteiger partial charge in [-0.15, -0.1) is 0 Å². The Balaban J connectivity index is 1.83. The molecule has 0 aliphatic carbocycles. The maximum Gasteiger partial charge on any atom is 0.252 e. The zero-order valence-electron chi connectivity index (χ0n) is 12.6. The Bertz CT molecular complexity index is 775. The van der Waals surface area contributed by atoms with Crippen molar-refractivity contribution in [3.63, 3.8) is 0 Å². The molecule has 2 N–H and O–H groups in total. The molecule has 0 aromatic carbocycles. The second kappa shape index (κ2) is 5.16. The van der Waals surface area contributed by atoms with Crippen LogP contribution in [-0.4, -0.2) is 31.2 Å². The fourth-order valence-corrected chi connectivity index (χ4v) is 2.31. The lowest BCUT2D eigenvalue weighted by Crippen LogP contribution is -2.19. The molecule has 0 aliphatic rings. The first-order chi connectivity index (χ1) is 10.0. The standard InChI is InChI=1S/C14H18N6O/c1-7(5-11-6-8(2)19-20-11)15-13-12-14(17-9(3)16-13)21-10(4)18-12/h6-7H,5H2,1-4H3,(H,19,20)(H,15,16,17)/t7-/m0/s1. The third-order valence-corrected chi connectivity index (χ3v) is 3.13. The van der Waals surface area contributed by atoms with Crippen molar-refractivity contribution < 1.29 is 4.42 Å². The van der Waals surface area contributed by atoms with E-state index in [1.165, 1.54) is 0 Å². The van der Waals surface area contributed by atoms with Crippen LogP contribution in [-0.2, 0) is 6.42 Å². The lowest BCUT2D eigenvalue weighted by atomic mass is 10.2. The van der Waals surface area contributed by atoms with E-state index in [2.05, 4.69) is 37.4 Å². The van der Waals surface area contributed by atoms with Gasteiger partial charge in [0.2, 0.25) is 0 Å². The summed E-state index contributed by atoms with van der Waals surface area (Å²) in [5.41, 5.74) is 3.27. The summed E-state index contributed by atoms with van der Waals surface area (Å²) in [6.07, 6.45) is 0.797. The van der Waals surface area contributed by atoms with Gasteiger partial charge in [0.15, 0.2) is 17.2 Å². The van der Waals surface area contributed by atoms with Crippen molar-refractivity contribution in [3.05, 3.63) is 29.2 Å². The molecule has 3 rings (SSSR count). The van der Waals surface area contributed by atoms with E-state index in [0.717, 1.165) is 17.8 Å². The zero-order valence-corrected chi connectivity index (χ0v) is 12.6. The lowest BCUT2D eigenvalue weighted by Gasteiger charge is -2.13. The van der Waals surface area contributed by atoms with Gasteiger partial charge in [-0.05, 0) is 26.8 Å². The molecule has 3 aromatic heterocycles. The normalized spacial score (nSPS) is 12.8. The summed E-state index contributed by atoms with van der Waals surface area (Å²) in [4.78, 5) is 13.0. The highest BCUT2D eigenvalue weighted by Gasteiger charge is 2.14. The third kappa shape index (κ3) is 2.86. The van der Waals surface area contributed by atoms with Gasteiger partial charge in [-0.1, -0.05) is 0 Å². The summed E-state index contributed by atoms with van der Waals surface area (Å²) < 4.78 is 5.47. The third-order valence-electron chi connectivity index (χ3n) is 3.13. The van der Waals surface area contributed by atoms with Crippen molar-refractivity contribution in [2.24, 2.45) is 0 Å². The summed E-state index contributed by atoms with van der Waals surface area (Å²) in [5, 5.41) is 10.6. The Morgan fingerprint density at radius 1 is 1.24 bits per heavy atom. The molecule has 21 heavy (non-hydrogen) atoms. The summed E-state index contributed by atoms with van der Waals surface area (Å²) in [7, 11) is 0. The molecule has 3 heterocycles. The number of nitrogens with one attached hydrogen (secondary N) is 2. The quantitative estimate of drug-likeness (QED) is 0.764. The van der Waals surface area contributed by atoms with Crippen LogP contribution in [0, 0.1) is 20.8 Å². The molecule has 7 nitrogen and oxygen atoms in total. The minimum absolute atomic E-state index is 0.169. The molecule has 7 heteroatoms. The number of fused-ring (bicyclic) bond motifs is 1. The van der Waals surface area contributed by atoms with E-state index in [9.17, 15) is 0 Å². The molecule has 0 aliphatic heterocycles. The van der Waals surface area contributed by atoms with Gasteiger partial charge in [0, 0.05) is 25.1 Å². The summed E-state index contributed by atoms with van der Waals surface area (Å²) >= 11 is 0. The van der Waals surface area contributed by atoms with Crippen LogP contribution in [0.4, 0.5) is 5.82 Å². The number of rotatable bonds is 4. The number of anilines is 1. The van der Waals surface area contributed by atoms with Gasteiger partial charge in [0.05, 0.1) is 5.69 Å². The van der Waals surface area contributed by atoms with E-state index in [4.69, 9.17) is 4.42 Å². The van der Waals surface area contributed by atoms with E-state index in [0.29, 0.717) is 28.8 Å². The number of nitrogens with zero attached hydrogens (tertiary/aromatic N) is 4. The lowest BCUT2D eigenvalue weighted by molar-refractivity contribution is 0.550. The predicted octanol–water partition coefficient (Wildman–Crippen LogP) is 2.31. The highest BCUT2D eigenvalue weighted by Crippen LogP contribution is 2.21. The molecule has 0 amide bonds. The predicted molar refractivity (Wildman–Crippen MR) is 79.2 cm³/mol. The monoisotopic (exact) mass is 286 g/mol. The van der Waals surface area contributed by atoms with E-state index < -0.39 is 0 Å². The number of oxazole rings is 1. The number of aryl methyl sites for hydroxylation is 3. The maximum atomic E-state index is 5.47. The van der Waals surface area contributed by atoms with Gasteiger partial charge in [0.25, 0.3) is 5.71 Å². The second-order valence-corrected chi connectivity index (χ2v) is 5.30. The molecule has 0 spiro atoms. The average Bonchev–Trinajstić information content (AvgIpc) is 2.94. The molecule has 0 saturated heterocycles. The van der Waals surface area contributed by atoms with Crippen LogP contribution in [0.3, 0.4) is 0 Å². The number of hydrogen-bond acceptors (Lipinski definition) is 6. The number of aromatic amines is 1. The molecule has 3 aromatic rings. The summed E-state index contributed by atoms with van der Waals surface area (Å²) in [6, 6.07) is 2.21. The molecule has 0 bridgehead atoms. The van der Waals surface area contributed by atoms with Crippen molar-refractivity contribution in [2.75, 3.05) is 5.32 Å². The highest BCUT2D eigenvalue weighted by atomic mass is 16.4. The molecular formula is C14H18N6O. The van der Waals surface area contributed by atoms with Crippen molar-refractivity contribution in [1.29, 1.82) is 0 Å². The van der Waals surface area contributed by atoms with Gasteiger partial charge in [-0.25, -0.2) is 9.97 Å². The van der Waals surface area contributed by atoms with E-state index in [-0.39, 0.29) is 6.04 Å². The molecule has 0 unspecified atom stereocenters. The minimum Gasteiger partial charge on any atom is -0.422 e. The van der Waals surface area contributed by atoms with Gasteiger partial charge in [0.1, 0.15) is 5.82 Å². The van der Waals surface area contributed by atoms with E-state index in [1.54, 1.807) is 6.92 Å². The molecular weight excluding hydrogens is 268 g/mol.